The van der Waals surface area contributed by atoms with Gasteiger partial charge in [0.05, 0.1) is 11.9 Å². The number of nitrogens with zero attached hydrogens (tertiary/aromatic N) is 1. The molecule has 0 spiro atoms. The number of para-hydroxylation sites is 1. The Morgan fingerprint density at radius 3 is 2.81 bits per heavy atom. The van der Waals surface area contributed by atoms with Crippen LogP contribution in [0.5, 0.6) is 0 Å². The molecule has 0 saturated heterocycles. The maximum atomic E-state index is 12.5. The van der Waals surface area contributed by atoms with Gasteiger partial charge in [0.2, 0.25) is 0 Å². The van der Waals surface area contributed by atoms with Gasteiger partial charge in [-0.1, -0.05) is 19.1 Å². The summed E-state index contributed by atoms with van der Waals surface area (Å²) >= 11 is 2.09. The highest BCUT2D eigenvalue weighted by Crippen LogP contribution is 2.22. The van der Waals surface area contributed by atoms with Gasteiger partial charge in [0.25, 0.3) is 10.0 Å². The molecule has 1 heterocycles. The van der Waals surface area contributed by atoms with Crippen LogP contribution in [0.1, 0.15) is 18.9 Å². The molecule has 6 nitrogen and oxygen atoms in total. The molecule has 0 aliphatic carbocycles. The molecule has 3 N–H and O–H groups in total. The second-order valence-corrected chi connectivity index (χ2v) is 7.27. The van der Waals surface area contributed by atoms with Crippen LogP contribution < -0.4 is 10.0 Å². The zero-order valence-electron chi connectivity index (χ0n) is 11.6. The van der Waals surface area contributed by atoms with Gasteiger partial charge in [-0.2, -0.15) is 13.5 Å². The molecule has 0 radical (unpaired) electrons. The van der Waals surface area contributed by atoms with Crippen LogP contribution in [0.25, 0.3) is 0 Å². The second kappa shape index (κ2) is 7.23. The highest BCUT2D eigenvalue weighted by Gasteiger charge is 2.21. The Hall–Kier alpha value is -1.13. The fourth-order valence-corrected chi connectivity index (χ4v) is 3.72. The number of halogens is 1. The summed E-state index contributed by atoms with van der Waals surface area (Å²) in [7, 11) is -3.67. The Kier molecular flexibility index (Phi) is 5.59. The first-order chi connectivity index (χ1) is 10.0. The van der Waals surface area contributed by atoms with E-state index in [1.165, 1.54) is 6.20 Å². The molecule has 1 aromatic heterocycles. The van der Waals surface area contributed by atoms with Crippen molar-refractivity contribution in [3.8, 4) is 0 Å². The van der Waals surface area contributed by atoms with Crippen molar-refractivity contribution >= 4 is 38.3 Å². The molecule has 2 rings (SSSR count). The van der Waals surface area contributed by atoms with E-state index in [0.717, 1.165) is 16.5 Å². The third kappa shape index (κ3) is 4.17. The summed E-state index contributed by atoms with van der Waals surface area (Å²) in [5.74, 6) is 0. The smallest absolute Gasteiger partial charge is 0.279 e. The number of aromatic amines is 1. The van der Waals surface area contributed by atoms with E-state index in [4.69, 9.17) is 0 Å². The van der Waals surface area contributed by atoms with Crippen molar-refractivity contribution in [2.75, 3.05) is 11.3 Å². The van der Waals surface area contributed by atoms with Gasteiger partial charge in [0.1, 0.15) is 0 Å². The Morgan fingerprint density at radius 1 is 1.33 bits per heavy atom. The van der Waals surface area contributed by atoms with Crippen molar-refractivity contribution in [2.45, 2.75) is 24.9 Å². The fourth-order valence-electron chi connectivity index (χ4n) is 1.80. The van der Waals surface area contributed by atoms with E-state index in [2.05, 4.69) is 49.8 Å². The van der Waals surface area contributed by atoms with Crippen LogP contribution in [-0.4, -0.2) is 25.2 Å². The first kappa shape index (κ1) is 16.2. The summed E-state index contributed by atoms with van der Waals surface area (Å²) in [5, 5.41) is 9.69. The molecule has 2 aromatic rings. The van der Waals surface area contributed by atoms with Crippen LogP contribution >= 0.6 is 22.6 Å². The summed E-state index contributed by atoms with van der Waals surface area (Å²) < 4.78 is 28.3. The van der Waals surface area contributed by atoms with Gasteiger partial charge in [-0.05, 0) is 47.7 Å². The predicted molar refractivity (Wildman–Crippen MR) is 90.6 cm³/mol. The predicted octanol–water partition coefficient (Wildman–Crippen LogP) is 2.31. The summed E-state index contributed by atoms with van der Waals surface area (Å²) in [6.07, 6.45) is 2.52. The molecule has 0 saturated carbocycles. The average Bonchev–Trinajstić information content (AvgIpc) is 2.91. The number of sulfonamides is 1. The first-order valence-corrected chi connectivity index (χ1v) is 9.11. The maximum absolute atomic E-state index is 12.5. The highest BCUT2D eigenvalue weighted by molar-refractivity contribution is 14.1. The third-order valence-corrected chi connectivity index (χ3v) is 5.13. The van der Waals surface area contributed by atoms with Crippen LogP contribution in [0.3, 0.4) is 0 Å². The Morgan fingerprint density at radius 2 is 2.10 bits per heavy atom. The van der Waals surface area contributed by atoms with Crippen LogP contribution in [0.4, 0.5) is 5.69 Å². The van der Waals surface area contributed by atoms with Crippen molar-refractivity contribution in [1.29, 1.82) is 0 Å². The van der Waals surface area contributed by atoms with Crippen molar-refractivity contribution in [2.24, 2.45) is 0 Å². The fraction of sp³-hybridized carbons (Fsp3) is 0.308. The number of nitrogens with one attached hydrogen (secondary N) is 3. The zero-order chi connectivity index (χ0) is 15.3. The van der Waals surface area contributed by atoms with E-state index in [9.17, 15) is 8.42 Å². The number of H-pyrrole nitrogens is 1. The number of anilines is 1. The van der Waals surface area contributed by atoms with Crippen molar-refractivity contribution in [1.82, 2.24) is 15.5 Å². The zero-order valence-corrected chi connectivity index (χ0v) is 14.5. The number of hydrogen-bond acceptors (Lipinski definition) is 4. The molecule has 8 heteroatoms. The lowest BCUT2D eigenvalue weighted by molar-refractivity contribution is 0.593. The SMILES string of the molecule is CCCNCc1cn[nH]c1S(=O)(=O)Nc1ccccc1I. The lowest BCUT2D eigenvalue weighted by Gasteiger charge is -2.10. The van der Waals surface area contributed by atoms with Gasteiger partial charge < -0.3 is 5.32 Å². The highest BCUT2D eigenvalue weighted by atomic mass is 127. The van der Waals surface area contributed by atoms with Crippen LogP contribution in [0.15, 0.2) is 35.5 Å². The topological polar surface area (TPSA) is 86.9 Å². The van der Waals surface area contributed by atoms with Gasteiger partial charge >= 0.3 is 0 Å². The molecule has 114 valence electrons. The van der Waals surface area contributed by atoms with Crippen molar-refractivity contribution in [3.05, 3.63) is 39.6 Å². The molecule has 0 bridgehead atoms. The van der Waals surface area contributed by atoms with Crippen LogP contribution in [-0.2, 0) is 16.6 Å². The van der Waals surface area contributed by atoms with Gasteiger partial charge in [-0.3, -0.25) is 9.82 Å². The largest absolute Gasteiger partial charge is 0.313 e. The Labute approximate surface area is 137 Å². The van der Waals surface area contributed by atoms with Crippen LogP contribution in [0.2, 0.25) is 0 Å². The monoisotopic (exact) mass is 420 g/mol. The summed E-state index contributed by atoms with van der Waals surface area (Å²) in [6, 6.07) is 7.21. The lowest BCUT2D eigenvalue weighted by atomic mass is 10.3. The Bertz CT molecular complexity index is 700. The standard InChI is InChI=1S/C13H17IN4O2S/c1-2-7-15-8-10-9-16-17-13(10)21(19,20)18-12-6-4-3-5-11(12)14/h3-6,9,15,18H,2,7-8H2,1H3,(H,16,17). The van der Waals surface area contributed by atoms with E-state index in [-0.39, 0.29) is 5.03 Å². The second-order valence-electron chi connectivity index (χ2n) is 4.49. The van der Waals surface area contributed by atoms with Crippen LogP contribution in [0, 0.1) is 3.57 Å². The number of aromatic nitrogens is 2. The quantitative estimate of drug-likeness (QED) is 0.474. The molecule has 0 aliphatic rings. The van der Waals surface area contributed by atoms with Gasteiger partial charge in [-0.15, -0.1) is 0 Å². The number of rotatable bonds is 7. The van der Waals surface area contributed by atoms with Gasteiger partial charge in [-0.25, -0.2) is 0 Å². The minimum absolute atomic E-state index is 0.103. The minimum atomic E-state index is -3.67. The summed E-state index contributed by atoms with van der Waals surface area (Å²) in [6.45, 7) is 3.35. The molecule has 0 amide bonds. The van der Waals surface area contributed by atoms with Crippen molar-refractivity contribution in [3.63, 3.8) is 0 Å². The molecule has 0 atom stereocenters. The van der Waals surface area contributed by atoms with E-state index in [0.29, 0.717) is 17.8 Å². The first-order valence-electron chi connectivity index (χ1n) is 6.55. The molecule has 0 fully saturated rings. The maximum Gasteiger partial charge on any atom is 0.279 e. The normalized spacial score (nSPS) is 11.5. The van der Waals surface area contributed by atoms with E-state index in [1.807, 2.05) is 12.1 Å². The van der Waals surface area contributed by atoms with Crippen molar-refractivity contribution < 1.29 is 8.42 Å². The van der Waals surface area contributed by atoms with E-state index in [1.54, 1.807) is 12.1 Å². The molecule has 21 heavy (non-hydrogen) atoms. The molecular weight excluding hydrogens is 403 g/mol. The minimum Gasteiger partial charge on any atom is -0.313 e. The summed E-state index contributed by atoms with van der Waals surface area (Å²) in [5.41, 5.74) is 1.18. The Balaban J connectivity index is 2.20. The van der Waals surface area contributed by atoms with E-state index < -0.39 is 10.0 Å². The third-order valence-electron chi connectivity index (χ3n) is 2.81. The molecule has 0 unspecified atom stereocenters. The molecular formula is C13H17IN4O2S. The average molecular weight is 420 g/mol. The molecule has 0 aliphatic heterocycles. The van der Waals surface area contributed by atoms with Gasteiger partial charge in [0.15, 0.2) is 5.03 Å². The molecule has 1 aromatic carbocycles. The van der Waals surface area contributed by atoms with Gasteiger partial charge in [0, 0.05) is 15.7 Å². The number of benzene rings is 1. The summed E-state index contributed by atoms with van der Waals surface area (Å²) in [4.78, 5) is 0. The van der Waals surface area contributed by atoms with E-state index >= 15 is 0 Å². The lowest BCUT2D eigenvalue weighted by Crippen LogP contribution is -2.19. The number of hydrogen-bond donors (Lipinski definition) is 3.